The molecule has 1 aliphatic heterocycles. The molecule has 5 heteroatoms. The number of likely N-dealkylation sites (tertiary alicyclic amines) is 1. The van der Waals surface area contributed by atoms with Crippen molar-refractivity contribution in [2.45, 2.75) is 70.1 Å². The van der Waals surface area contributed by atoms with E-state index in [9.17, 15) is 4.79 Å². The molecule has 0 aromatic carbocycles. The van der Waals surface area contributed by atoms with Crippen LogP contribution in [0.3, 0.4) is 0 Å². The minimum Gasteiger partial charge on any atom is -0.343 e. The summed E-state index contributed by atoms with van der Waals surface area (Å²) in [5.74, 6) is 4.38. The van der Waals surface area contributed by atoms with Crippen molar-refractivity contribution in [2.24, 2.45) is 11.8 Å². The van der Waals surface area contributed by atoms with Gasteiger partial charge in [-0.1, -0.05) is 12.8 Å². The molecule has 1 aromatic rings. The van der Waals surface area contributed by atoms with E-state index in [1.54, 1.807) is 0 Å². The Bertz CT molecular complexity index is 537. The Kier molecular flexibility index (Phi) is 4.36. The Morgan fingerprint density at radius 3 is 2.48 bits per heavy atom. The molecule has 5 nitrogen and oxygen atoms in total. The molecule has 0 bridgehead atoms. The van der Waals surface area contributed by atoms with Crippen molar-refractivity contribution in [3.63, 3.8) is 0 Å². The summed E-state index contributed by atoms with van der Waals surface area (Å²) in [4.78, 5) is 19.1. The molecule has 3 fully saturated rings. The van der Waals surface area contributed by atoms with Gasteiger partial charge in [0.25, 0.3) is 0 Å². The Hall–Kier alpha value is -1.39. The summed E-state index contributed by atoms with van der Waals surface area (Å²) in [5, 5.41) is 7.46. The highest BCUT2D eigenvalue weighted by Crippen LogP contribution is 2.38. The smallest absolute Gasteiger partial charge is 0.222 e. The molecule has 23 heavy (non-hydrogen) atoms. The largest absolute Gasteiger partial charge is 0.343 e. The van der Waals surface area contributed by atoms with Crippen molar-refractivity contribution in [1.29, 1.82) is 0 Å². The van der Waals surface area contributed by atoms with Crippen molar-refractivity contribution >= 4 is 5.91 Å². The third kappa shape index (κ3) is 3.75. The van der Waals surface area contributed by atoms with Gasteiger partial charge in [0.1, 0.15) is 5.82 Å². The molecule has 1 aromatic heterocycles. The molecule has 126 valence electrons. The first kappa shape index (κ1) is 15.2. The Morgan fingerprint density at radius 2 is 1.78 bits per heavy atom. The third-order valence-corrected chi connectivity index (χ3v) is 5.88. The number of piperidine rings is 1. The van der Waals surface area contributed by atoms with Crippen LogP contribution in [0, 0.1) is 11.8 Å². The first-order valence-corrected chi connectivity index (χ1v) is 9.47. The second-order valence-electron chi connectivity index (χ2n) is 7.80. The SMILES string of the molecule is O=C(CC1CCCC1)N1CCC(Cc2nc(C3CC3)n[nH]2)CC1. The summed E-state index contributed by atoms with van der Waals surface area (Å²) in [6.45, 7) is 1.86. The van der Waals surface area contributed by atoms with Crippen LogP contribution in [-0.2, 0) is 11.2 Å². The lowest BCUT2D eigenvalue weighted by Gasteiger charge is -2.32. The van der Waals surface area contributed by atoms with Crippen LogP contribution in [-0.4, -0.2) is 39.1 Å². The van der Waals surface area contributed by atoms with Gasteiger partial charge in [0.05, 0.1) is 0 Å². The van der Waals surface area contributed by atoms with E-state index in [0.29, 0.717) is 23.7 Å². The molecule has 1 N–H and O–H groups in total. The number of hydrogen-bond donors (Lipinski definition) is 1. The number of carbonyl (C=O) groups excluding carboxylic acids is 1. The highest BCUT2D eigenvalue weighted by atomic mass is 16.2. The maximum Gasteiger partial charge on any atom is 0.222 e. The van der Waals surface area contributed by atoms with E-state index in [-0.39, 0.29) is 0 Å². The Balaban J connectivity index is 1.22. The Morgan fingerprint density at radius 1 is 1.04 bits per heavy atom. The number of amides is 1. The predicted molar refractivity (Wildman–Crippen MR) is 87.9 cm³/mol. The molecule has 4 rings (SSSR count). The van der Waals surface area contributed by atoms with Crippen LogP contribution >= 0.6 is 0 Å². The van der Waals surface area contributed by atoms with E-state index in [2.05, 4.69) is 20.1 Å². The lowest BCUT2D eigenvalue weighted by Crippen LogP contribution is -2.39. The predicted octanol–water partition coefficient (Wildman–Crippen LogP) is 3.04. The zero-order valence-electron chi connectivity index (χ0n) is 14.0. The summed E-state index contributed by atoms with van der Waals surface area (Å²) in [7, 11) is 0. The van der Waals surface area contributed by atoms with Crippen molar-refractivity contribution in [3.05, 3.63) is 11.6 Å². The number of hydrogen-bond acceptors (Lipinski definition) is 3. The molecule has 2 aliphatic carbocycles. The summed E-state index contributed by atoms with van der Waals surface area (Å²) >= 11 is 0. The Labute approximate surface area is 138 Å². The zero-order chi connectivity index (χ0) is 15.6. The summed E-state index contributed by atoms with van der Waals surface area (Å²) in [5.41, 5.74) is 0. The molecular formula is C18H28N4O. The van der Waals surface area contributed by atoms with Gasteiger partial charge in [0.15, 0.2) is 5.82 Å². The molecule has 3 aliphatic rings. The molecule has 2 saturated carbocycles. The van der Waals surface area contributed by atoms with Gasteiger partial charge >= 0.3 is 0 Å². The van der Waals surface area contributed by atoms with Gasteiger partial charge in [-0.15, -0.1) is 0 Å². The lowest BCUT2D eigenvalue weighted by molar-refractivity contribution is -0.133. The lowest BCUT2D eigenvalue weighted by atomic mass is 9.92. The molecular weight excluding hydrogens is 288 g/mol. The minimum absolute atomic E-state index is 0.394. The monoisotopic (exact) mass is 316 g/mol. The van der Waals surface area contributed by atoms with E-state index in [1.165, 1.54) is 38.5 Å². The molecule has 0 atom stereocenters. The van der Waals surface area contributed by atoms with Crippen LogP contribution in [0.2, 0.25) is 0 Å². The molecule has 0 unspecified atom stereocenters. The second-order valence-corrected chi connectivity index (χ2v) is 7.80. The van der Waals surface area contributed by atoms with Gasteiger partial charge in [-0.25, -0.2) is 4.98 Å². The average molecular weight is 316 g/mol. The van der Waals surface area contributed by atoms with E-state index in [1.807, 2.05) is 0 Å². The van der Waals surface area contributed by atoms with E-state index < -0.39 is 0 Å². The maximum atomic E-state index is 12.4. The van der Waals surface area contributed by atoms with E-state index in [0.717, 1.165) is 50.4 Å². The van der Waals surface area contributed by atoms with Gasteiger partial charge in [0, 0.05) is 31.8 Å². The van der Waals surface area contributed by atoms with Crippen LogP contribution < -0.4 is 0 Å². The highest BCUT2D eigenvalue weighted by molar-refractivity contribution is 5.76. The van der Waals surface area contributed by atoms with Crippen LogP contribution in [0.1, 0.15) is 75.4 Å². The number of rotatable bonds is 5. The summed E-state index contributed by atoms with van der Waals surface area (Å²) in [6, 6.07) is 0. The van der Waals surface area contributed by atoms with Gasteiger partial charge in [-0.3, -0.25) is 9.89 Å². The fourth-order valence-electron chi connectivity index (χ4n) is 4.18. The van der Waals surface area contributed by atoms with Crippen LogP contribution in [0.15, 0.2) is 0 Å². The van der Waals surface area contributed by atoms with Crippen molar-refractivity contribution in [2.75, 3.05) is 13.1 Å². The highest BCUT2D eigenvalue weighted by Gasteiger charge is 2.29. The van der Waals surface area contributed by atoms with Gasteiger partial charge in [0.2, 0.25) is 5.91 Å². The standard InChI is InChI=1S/C18H28N4O/c23-17(12-13-3-1-2-4-13)22-9-7-14(8-10-22)11-16-19-18(21-20-16)15-5-6-15/h13-15H,1-12H2,(H,19,20,21). The van der Waals surface area contributed by atoms with Crippen molar-refractivity contribution < 1.29 is 4.79 Å². The fraction of sp³-hybridized carbons (Fsp3) is 0.833. The zero-order valence-corrected chi connectivity index (χ0v) is 14.0. The first-order chi connectivity index (χ1) is 11.3. The molecule has 1 amide bonds. The minimum atomic E-state index is 0.394. The molecule has 1 saturated heterocycles. The summed E-state index contributed by atoms with van der Waals surface area (Å²) < 4.78 is 0. The number of aromatic amines is 1. The maximum absolute atomic E-state index is 12.4. The van der Waals surface area contributed by atoms with E-state index >= 15 is 0 Å². The normalized spacial score (nSPS) is 23.6. The number of H-pyrrole nitrogens is 1. The van der Waals surface area contributed by atoms with Crippen LogP contribution in [0.4, 0.5) is 0 Å². The van der Waals surface area contributed by atoms with Gasteiger partial charge < -0.3 is 4.90 Å². The second kappa shape index (κ2) is 6.62. The number of carbonyl (C=O) groups is 1. The van der Waals surface area contributed by atoms with Crippen LogP contribution in [0.25, 0.3) is 0 Å². The van der Waals surface area contributed by atoms with Crippen molar-refractivity contribution in [1.82, 2.24) is 20.1 Å². The number of nitrogens with zero attached hydrogens (tertiary/aromatic N) is 3. The number of aromatic nitrogens is 3. The average Bonchev–Trinajstić information content (AvgIpc) is 3.09. The molecule has 2 heterocycles. The topological polar surface area (TPSA) is 61.9 Å². The summed E-state index contributed by atoms with van der Waals surface area (Å²) in [6.07, 6.45) is 11.7. The molecule has 0 radical (unpaired) electrons. The number of nitrogens with one attached hydrogen (secondary N) is 1. The van der Waals surface area contributed by atoms with Crippen LogP contribution in [0.5, 0.6) is 0 Å². The quantitative estimate of drug-likeness (QED) is 0.908. The van der Waals surface area contributed by atoms with Crippen molar-refractivity contribution in [3.8, 4) is 0 Å². The third-order valence-electron chi connectivity index (χ3n) is 5.88. The van der Waals surface area contributed by atoms with Gasteiger partial charge in [-0.05, 0) is 50.4 Å². The van der Waals surface area contributed by atoms with E-state index in [4.69, 9.17) is 0 Å². The fourth-order valence-corrected chi connectivity index (χ4v) is 4.18. The first-order valence-electron chi connectivity index (χ1n) is 9.47. The molecule has 0 spiro atoms. The van der Waals surface area contributed by atoms with Gasteiger partial charge in [-0.2, -0.15) is 5.10 Å².